The van der Waals surface area contributed by atoms with Crippen LogP contribution in [0.25, 0.3) is 10.8 Å². The zero-order chi connectivity index (χ0) is 11.7. The molecular weight excluding hydrogens is 267 g/mol. The Balaban J connectivity index is 0.00000144. The van der Waals surface area contributed by atoms with E-state index in [1.165, 1.54) is 24.3 Å². The van der Waals surface area contributed by atoms with Crippen molar-refractivity contribution in [3.8, 4) is 0 Å². The van der Waals surface area contributed by atoms with Gasteiger partial charge in [0, 0.05) is 16.5 Å². The van der Waals surface area contributed by atoms with Crippen LogP contribution in [-0.2, 0) is 16.5 Å². The summed E-state index contributed by atoms with van der Waals surface area (Å²) in [5.41, 5.74) is 0.381. The summed E-state index contributed by atoms with van der Waals surface area (Å²) < 4.78 is 0. The first-order chi connectivity index (χ1) is 7.58. The van der Waals surface area contributed by atoms with Crippen molar-refractivity contribution >= 4 is 22.7 Å². The minimum absolute atomic E-state index is 0. The Labute approximate surface area is 107 Å². The number of carboxylic acid groups (broad SMARTS) is 2. The molecule has 90 valence electrons. The van der Waals surface area contributed by atoms with Crippen molar-refractivity contribution in [1.29, 1.82) is 0 Å². The van der Waals surface area contributed by atoms with Crippen LogP contribution >= 0.6 is 0 Å². The van der Waals surface area contributed by atoms with Gasteiger partial charge in [-0.05, 0) is 35.0 Å². The fourth-order valence-corrected chi connectivity index (χ4v) is 1.51. The van der Waals surface area contributed by atoms with E-state index in [0.29, 0.717) is 10.8 Å². The maximum absolute atomic E-state index is 10.7. The molecule has 0 aromatic heterocycles. The molecule has 0 saturated heterocycles. The van der Waals surface area contributed by atoms with E-state index in [2.05, 4.69) is 0 Å². The van der Waals surface area contributed by atoms with Crippen LogP contribution in [0.2, 0.25) is 0 Å². The maximum atomic E-state index is 10.7. The SMILES string of the molecule is O=C(O)c1ccc2cc(C(=O)O)ccc2c1.[Ni]. The maximum Gasteiger partial charge on any atom is 0.335 e. The number of aromatic carboxylic acids is 2. The molecule has 17 heavy (non-hydrogen) atoms. The summed E-state index contributed by atoms with van der Waals surface area (Å²) in [6.45, 7) is 0. The molecule has 2 N–H and O–H groups in total. The molecule has 0 radical (unpaired) electrons. The van der Waals surface area contributed by atoms with Gasteiger partial charge >= 0.3 is 11.9 Å². The van der Waals surface area contributed by atoms with Gasteiger partial charge in [0.05, 0.1) is 11.1 Å². The Morgan fingerprint density at radius 3 is 1.41 bits per heavy atom. The van der Waals surface area contributed by atoms with E-state index in [9.17, 15) is 9.59 Å². The fraction of sp³-hybridized carbons (Fsp3) is 0. The smallest absolute Gasteiger partial charge is 0.335 e. The molecule has 0 fully saturated rings. The largest absolute Gasteiger partial charge is 0.478 e. The number of fused-ring (bicyclic) bond motifs is 1. The minimum Gasteiger partial charge on any atom is -0.478 e. The van der Waals surface area contributed by atoms with E-state index < -0.39 is 11.9 Å². The summed E-state index contributed by atoms with van der Waals surface area (Å²) in [4.78, 5) is 21.5. The number of benzene rings is 2. The average molecular weight is 275 g/mol. The van der Waals surface area contributed by atoms with Gasteiger partial charge in [0.2, 0.25) is 0 Å². The molecule has 5 heteroatoms. The molecule has 4 nitrogen and oxygen atoms in total. The topological polar surface area (TPSA) is 74.6 Å². The summed E-state index contributed by atoms with van der Waals surface area (Å²) in [5, 5.41) is 19.0. The van der Waals surface area contributed by atoms with Crippen LogP contribution in [0, 0.1) is 0 Å². The first-order valence-corrected chi connectivity index (χ1v) is 4.58. The molecule has 0 spiro atoms. The Bertz CT molecular complexity index is 539. The Hall–Kier alpha value is -1.87. The van der Waals surface area contributed by atoms with Gasteiger partial charge < -0.3 is 10.2 Å². The van der Waals surface area contributed by atoms with Crippen LogP contribution in [-0.4, -0.2) is 22.2 Å². The zero-order valence-electron chi connectivity index (χ0n) is 8.49. The molecule has 0 amide bonds. The molecule has 2 aromatic carbocycles. The van der Waals surface area contributed by atoms with Crippen molar-refractivity contribution in [3.05, 3.63) is 47.5 Å². The summed E-state index contributed by atoms with van der Waals surface area (Å²) in [6.07, 6.45) is 0. The van der Waals surface area contributed by atoms with Gasteiger partial charge in [-0.1, -0.05) is 12.1 Å². The summed E-state index contributed by atoms with van der Waals surface area (Å²) >= 11 is 0. The Morgan fingerprint density at radius 1 is 0.765 bits per heavy atom. The Morgan fingerprint density at radius 2 is 1.12 bits per heavy atom. The fourth-order valence-electron chi connectivity index (χ4n) is 1.51. The van der Waals surface area contributed by atoms with Crippen LogP contribution in [0.4, 0.5) is 0 Å². The molecule has 0 aliphatic rings. The number of carbonyl (C=O) groups is 2. The molecule has 0 atom stereocenters. The van der Waals surface area contributed by atoms with Gasteiger partial charge in [-0.15, -0.1) is 0 Å². The van der Waals surface area contributed by atoms with Gasteiger partial charge in [0.25, 0.3) is 0 Å². The van der Waals surface area contributed by atoms with Gasteiger partial charge in [0.1, 0.15) is 0 Å². The number of rotatable bonds is 2. The van der Waals surface area contributed by atoms with Crippen molar-refractivity contribution in [3.63, 3.8) is 0 Å². The second-order valence-corrected chi connectivity index (χ2v) is 3.39. The molecule has 0 unspecified atom stereocenters. The molecule has 0 bridgehead atoms. The molecule has 2 aromatic rings. The number of hydrogen-bond donors (Lipinski definition) is 2. The second-order valence-electron chi connectivity index (χ2n) is 3.39. The van der Waals surface area contributed by atoms with Crippen molar-refractivity contribution in [2.45, 2.75) is 0 Å². The van der Waals surface area contributed by atoms with Gasteiger partial charge in [-0.2, -0.15) is 0 Å². The van der Waals surface area contributed by atoms with Crippen LogP contribution in [0.15, 0.2) is 36.4 Å². The molecule has 0 aliphatic heterocycles. The standard InChI is InChI=1S/C12H8O4.Ni/c13-11(14)9-3-1-7-5-10(12(15)16)4-2-8(7)6-9;/h1-6H,(H,13,14)(H,15,16);. The van der Waals surface area contributed by atoms with Crippen LogP contribution in [0.3, 0.4) is 0 Å². The second kappa shape index (κ2) is 4.98. The molecule has 2 rings (SSSR count). The third kappa shape index (κ3) is 2.63. The first kappa shape index (κ1) is 13.2. The Kier molecular flexibility index (Phi) is 3.86. The van der Waals surface area contributed by atoms with E-state index >= 15 is 0 Å². The minimum atomic E-state index is -0.996. The van der Waals surface area contributed by atoms with E-state index in [1.54, 1.807) is 12.1 Å². The van der Waals surface area contributed by atoms with Crippen LogP contribution < -0.4 is 0 Å². The summed E-state index contributed by atoms with van der Waals surface area (Å²) in [7, 11) is 0. The van der Waals surface area contributed by atoms with Gasteiger partial charge in [-0.3, -0.25) is 0 Å². The van der Waals surface area contributed by atoms with Crippen molar-refractivity contribution < 1.29 is 36.3 Å². The monoisotopic (exact) mass is 274 g/mol. The zero-order valence-corrected chi connectivity index (χ0v) is 9.48. The summed E-state index contributed by atoms with van der Waals surface area (Å²) in [6, 6.07) is 9.15. The molecule has 0 heterocycles. The van der Waals surface area contributed by atoms with E-state index in [-0.39, 0.29) is 27.6 Å². The van der Waals surface area contributed by atoms with Crippen molar-refractivity contribution in [2.24, 2.45) is 0 Å². The van der Waals surface area contributed by atoms with E-state index in [4.69, 9.17) is 10.2 Å². The summed E-state index contributed by atoms with van der Waals surface area (Å²) in [5.74, 6) is -1.99. The predicted octanol–water partition coefficient (Wildman–Crippen LogP) is 2.23. The van der Waals surface area contributed by atoms with Crippen molar-refractivity contribution in [2.75, 3.05) is 0 Å². The van der Waals surface area contributed by atoms with Crippen molar-refractivity contribution in [1.82, 2.24) is 0 Å². The van der Waals surface area contributed by atoms with Gasteiger partial charge in [0.15, 0.2) is 0 Å². The van der Waals surface area contributed by atoms with E-state index in [0.717, 1.165) is 0 Å². The third-order valence-corrected chi connectivity index (χ3v) is 2.33. The van der Waals surface area contributed by atoms with Crippen LogP contribution in [0.1, 0.15) is 20.7 Å². The van der Waals surface area contributed by atoms with E-state index in [1.807, 2.05) is 0 Å². The third-order valence-electron chi connectivity index (χ3n) is 2.33. The van der Waals surface area contributed by atoms with Crippen LogP contribution in [0.5, 0.6) is 0 Å². The number of hydrogen-bond acceptors (Lipinski definition) is 2. The predicted molar refractivity (Wildman–Crippen MR) is 57.9 cm³/mol. The molecule has 0 saturated carbocycles. The first-order valence-electron chi connectivity index (χ1n) is 4.58. The molecule has 0 aliphatic carbocycles. The average Bonchev–Trinajstić information content (AvgIpc) is 2.27. The number of carboxylic acids is 2. The normalized spacial score (nSPS) is 9.65. The molecular formula is C12H8NiO4. The van der Waals surface area contributed by atoms with Gasteiger partial charge in [-0.25, -0.2) is 9.59 Å². The quantitative estimate of drug-likeness (QED) is 0.824.